The van der Waals surface area contributed by atoms with Gasteiger partial charge in [-0.1, -0.05) is 11.6 Å². The maximum atomic E-state index is 13.1. The number of nitrogens with zero attached hydrogens (tertiary/aromatic N) is 1. The van der Waals surface area contributed by atoms with E-state index in [-0.39, 0.29) is 21.9 Å². The maximum Gasteiger partial charge on any atom is 0.260 e. The number of rotatable bonds is 3. The largest absolute Gasteiger partial charge is 0.496 e. The molecule has 0 aliphatic rings. The van der Waals surface area contributed by atoms with Crippen molar-refractivity contribution < 1.29 is 13.9 Å². The number of carbonyl (C=O) groups is 1. The van der Waals surface area contributed by atoms with Gasteiger partial charge >= 0.3 is 0 Å². The monoisotopic (exact) mass is 310 g/mol. The highest BCUT2D eigenvalue weighted by molar-refractivity contribution is 6.31. The summed E-state index contributed by atoms with van der Waals surface area (Å²) in [4.78, 5) is 23.7. The van der Waals surface area contributed by atoms with Crippen molar-refractivity contribution in [1.29, 1.82) is 0 Å². The van der Waals surface area contributed by atoms with Crippen molar-refractivity contribution in [2.24, 2.45) is 7.05 Å². The molecular weight excluding hydrogens is 299 g/mol. The van der Waals surface area contributed by atoms with Crippen molar-refractivity contribution >= 4 is 23.2 Å². The number of aromatic nitrogens is 1. The average Bonchev–Trinajstić information content (AvgIpc) is 2.45. The average molecular weight is 311 g/mol. The molecule has 0 saturated carbocycles. The predicted octanol–water partition coefficient (Wildman–Crippen LogP) is 2.44. The maximum absolute atomic E-state index is 13.1. The van der Waals surface area contributed by atoms with Crippen LogP contribution in [0.1, 0.15) is 10.4 Å². The third-order valence-corrected chi connectivity index (χ3v) is 3.12. The van der Waals surface area contributed by atoms with E-state index < -0.39 is 11.7 Å². The molecule has 0 bridgehead atoms. The lowest BCUT2D eigenvalue weighted by molar-refractivity contribution is 0.102. The Morgan fingerprint density at radius 2 is 2.10 bits per heavy atom. The first-order valence-corrected chi connectivity index (χ1v) is 6.31. The Kier molecular flexibility index (Phi) is 4.28. The molecule has 21 heavy (non-hydrogen) atoms. The van der Waals surface area contributed by atoms with Crippen molar-refractivity contribution in [3.05, 3.63) is 57.2 Å². The van der Waals surface area contributed by atoms with Gasteiger partial charge < -0.3 is 14.6 Å². The molecule has 0 unspecified atom stereocenters. The molecule has 0 spiro atoms. The van der Waals surface area contributed by atoms with Gasteiger partial charge in [0.15, 0.2) is 0 Å². The Bertz CT molecular complexity index is 758. The summed E-state index contributed by atoms with van der Waals surface area (Å²) >= 11 is 5.65. The number of hydrogen-bond donors (Lipinski definition) is 1. The van der Waals surface area contributed by atoms with Crippen molar-refractivity contribution in [2.45, 2.75) is 0 Å². The number of halogens is 2. The van der Waals surface area contributed by atoms with Crippen molar-refractivity contribution in [1.82, 2.24) is 4.57 Å². The van der Waals surface area contributed by atoms with E-state index >= 15 is 0 Å². The van der Waals surface area contributed by atoms with Crippen LogP contribution < -0.4 is 15.6 Å². The molecule has 0 fully saturated rings. The van der Waals surface area contributed by atoms with Crippen molar-refractivity contribution in [3.63, 3.8) is 0 Å². The summed E-state index contributed by atoms with van der Waals surface area (Å²) in [6, 6.07) is 5.04. The van der Waals surface area contributed by atoms with E-state index in [1.54, 1.807) is 0 Å². The van der Waals surface area contributed by atoms with Gasteiger partial charge in [0.25, 0.3) is 11.5 Å². The number of benzene rings is 1. The molecule has 1 heterocycles. The van der Waals surface area contributed by atoms with Crippen LogP contribution in [-0.2, 0) is 7.05 Å². The molecular formula is C14H12ClFN2O3. The summed E-state index contributed by atoms with van der Waals surface area (Å²) < 4.78 is 19.4. The van der Waals surface area contributed by atoms with Gasteiger partial charge in [0.05, 0.1) is 17.7 Å². The molecule has 2 aromatic rings. The SMILES string of the molecule is COc1cc(=O)n(C)cc1C(=O)Nc1ccc(F)c(Cl)c1. The lowest BCUT2D eigenvalue weighted by Crippen LogP contribution is -2.21. The van der Waals surface area contributed by atoms with Crippen molar-refractivity contribution in [2.75, 3.05) is 12.4 Å². The fraction of sp³-hybridized carbons (Fsp3) is 0.143. The van der Waals surface area contributed by atoms with Crippen molar-refractivity contribution in [3.8, 4) is 5.75 Å². The highest BCUT2D eigenvalue weighted by atomic mass is 35.5. The number of amides is 1. The minimum absolute atomic E-state index is 0.0970. The van der Waals surface area contributed by atoms with Crippen LogP contribution in [0.15, 0.2) is 35.3 Å². The van der Waals surface area contributed by atoms with Gasteiger partial charge in [-0.2, -0.15) is 0 Å². The fourth-order valence-electron chi connectivity index (χ4n) is 1.72. The lowest BCUT2D eigenvalue weighted by Gasteiger charge is -2.10. The lowest BCUT2D eigenvalue weighted by atomic mass is 10.2. The Morgan fingerprint density at radius 3 is 2.71 bits per heavy atom. The summed E-state index contributed by atoms with van der Waals surface area (Å²) in [6.07, 6.45) is 1.36. The van der Waals surface area contributed by atoms with E-state index in [2.05, 4.69) is 5.32 Å². The molecule has 2 rings (SSSR count). The summed E-state index contributed by atoms with van der Waals surface area (Å²) in [7, 11) is 2.88. The second-order valence-corrected chi connectivity index (χ2v) is 4.69. The van der Waals surface area contributed by atoms with Gasteiger partial charge in [0.1, 0.15) is 11.6 Å². The number of hydrogen-bond acceptors (Lipinski definition) is 3. The zero-order chi connectivity index (χ0) is 15.6. The van der Waals surface area contributed by atoms with Crippen LogP contribution in [0.4, 0.5) is 10.1 Å². The van der Waals surface area contributed by atoms with Gasteiger partial charge in [-0.05, 0) is 18.2 Å². The van der Waals surface area contributed by atoms with E-state index in [1.807, 2.05) is 0 Å². The van der Waals surface area contributed by atoms with E-state index in [0.717, 1.165) is 6.07 Å². The Labute approximate surface area is 124 Å². The van der Waals surface area contributed by atoms with Gasteiger partial charge in [-0.25, -0.2) is 4.39 Å². The molecule has 0 aliphatic heterocycles. The third-order valence-electron chi connectivity index (χ3n) is 2.83. The Hall–Kier alpha value is -2.34. The first kappa shape index (κ1) is 15.1. The van der Waals surface area contributed by atoms with Crippen LogP contribution >= 0.6 is 11.6 Å². The minimum Gasteiger partial charge on any atom is -0.496 e. The molecule has 0 radical (unpaired) electrons. The van der Waals surface area contributed by atoms with Crippen LogP contribution in [0, 0.1) is 5.82 Å². The molecule has 1 aromatic carbocycles. The number of nitrogens with one attached hydrogen (secondary N) is 1. The molecule has 1 amide bonds. The second kappa shape index (κ2) is 5.97. The highest BCUT2D eigenvalue weighted by Crippen LogP contribution is 2.21. The van der Waals surface area contributed by atoms with Crippen LogP contribution in [0.3, 0.4) is 0 Å². The number of aryl methyl sites for hydroxylation is 1. The van der Waals surface area contributed by atoms with Gasteiger partial charge in [-0.15, -0.1) is 0 Å². The number of carbonyl (C=O) groups excluding carboxylic acids is 1. The van der Waals surface area contributed by atoms with Crippen LogP contribution in [0.5, 0.6) is 5.75 Å². The van der Waals surface area contributed by atoms with E-state index in [1.165, 1.54) is 43.1 Å². The summed E-state index contributed by atoms with van der Waals surface area (Å²) in [6.45, 7) is 0. The third kappa shape index (κ3) is 3.22. The fourth-order valence-corrected chi connectivity index (χ4v) is 1.90. The smallest absolute Gasteiger partial charge is 0.260 e. The summed E-state index contributed by atoms with van der Waals surface area (Å²) in [5, 5.41) is 2.47. The molecule has 7 heteroatoms. The number of methoxy groups -OCH3 is 1. The van der Waals surface area contributed by atoms with E-state index in [0.29, 0.717) is 5.69 Å². The molecule has 0 aliphatic carbocycles. The molecule has 1 N–H and O–H groups in total. The first-order valence-electron chi connectivity index (χ1n) is 5.93. The zero-order valence-electron chi connectivity index (χ0n) is 11.3. The number of pyridine rings is 1. The number of anilines is 1. The topological polar surface area (TPSA) is 60.3 Å². The molecule has 0 atom stereocenters. The van der Waals surface area contributed by atoms with Gasteiger partial charge in [0, 0.05) is 25.0 Å². The summed E-state index contributed by atoms with van der Waals surface area (Å²) in [5.74, 6) is -0.914. The van der Waals surface area contributed by atoms with Crippen LogP contribution in [-0.4, -0.2) is 17.6 Å². The molecule has 110 valence electrons. The molecule has 5 nitrogen and oxygen atoms in total. The minimum atomic E-state index is -0.575. The number of ether oxygens (including phenoxy) is 1. The first-order chi connectivity index (χ1) is 9.92. The molecule has 1 aromatic heterocycles. The second-order valence-electron chi connectivity index (χ2n) is 4.29. The van der Waals surface area contributed by atoms with E-state index in [4.69, 9.17) is 16.3 Å². The van der Waals surface area contributed by atoms with Crippen LogP contribution in [0.2, 0.25) is 5.02 Å². The standard InChI is InChI=1S/C14H12ClFN2O3/c1-18-7-9(12(21-2)6-13(18)19)14(20)17-8-3-4-11(16)10(15)5-8/h3-7H,1-2H3,(H,17,20). The predicted molar refractivity (Wildman–Crippen MR) is 77.6 cm³/mol. The highest BCUT2D eigenvalue weighted by Gasteiger charge is 2.15. The Morgan fingerprint density at radius 1 is 1.38 bits per heavy atom. The quantitative estimate of drug-likeness (QED) is 0.947. The van der Waals surface area contributed by atoms with Gasteiger partial charge in [-0.3, -0.25) is 9.59 Å². The normalized spacial score (nSPS) is 10.3. The van der Waals surface area contributed by atoms with E-state index in [9.17, 15) is 14.0 Å². The zero-order valence-corrected chi connectivity index (χ0v) is 12.1. The van der Waals surface area contributed by atoms with Crippen LogP contribution in [0.25, 0.3) is 0 Å². The van der Waals surface area contributed by atoms with Gasteiger partial charge in [0.2, 0.25) is 0 Å². The molecule has 0 saturated heterocycles. The summed E-state index contributed by atoms with van der Waals surface area (Å²) in [5.41, 5.74) is 0.218. The Balaban J connectivity index is 2.34.